The van der Waals surface area contributed by atoms with E-state index in [1.807, 2.05) is 12.1 Å². The Morgan fingerprint density at radius 3 is 2.42 bits per heavy atom. The molecule has 0 saturated heterocycles. The molecule has 1 aliphatic rings. The molecule has 1 saturated carbocycles. The van der Waals surface area contributed by atoms with Crippen LogP contribution in [0.15, 0.2) is 54.6 Å². The first-order valence-electron chi connectivity index (χ1n) is 6.65. The molecule has 2 heteroatoms. The Bertz CT molecular complexity index is 560. The average molecular weight is 336 g/mol. The number of hydrogen-bond acceptors (Lipinski definition) is 0. The van der Waals surface area contributed by atoms with Gasteiger partial charge in [0.15, 0.2) is 0 Å². The van der Waals surface area contributed by atoms with Gasteiger partial charge in [-0.05, 0) is 42.5 Å². The van der Waals surface area contributed by atoms with Crippen molar-refractivity contribution >= 4 is 27.5 Å². The smallest absolute Gasteiger partial charge is 0.0408 e. The first-order valence-corrected chi connectivity index (χ1v) is 7.94. The fourth-order valence-corrected chi connectivity index (χ4v) is 4.06. The Kier molecular flexibility index (Phi) is 3.68. The quantitative estimate of drug-likeness (QED) is 0.658. The van der Waals surface area contributed by atoms with E-state index in [0.29, 0.717) is 10.2 Å². The van der Waals surface area contributed by atoms with Gasteiger partial charge in [0.05, 0.1) is 0 Å². The molecule has 0 radical (unpaired) electrons. The SMILES string of the molecule is Clc1cccc(CC(Br)C2(c3ccccc3)CC2)c1. The van der Waals surface area contributed by atoms with Gasteiger partial charge in [0.1, 0.15) is 0 Å². The lowest BCUT2D eigenvalue weighted by atomic mass is 9.89. The van der Waals surface area contributed by atoms with Crippen molar-refractivity contribution in [2.45, 2.75) is 29.5 Å². The number of rotatable bonds is 4. The van der Waals surface area contributed by atoms with Crippen molar-refractivity contribution in [1.29, 1.82) is 0 Å². The molecule has 0 spiro atoms. The minimum absolute atomic E-state index is 0.323. The van der Waals surface area contributed by atoms with E-state index in [1.165, 1.54) is 24.0 Å². The Morgan fingerprint density at radius 2 is 1.79 bits per heavy atom. The summed E-state index contributed by atoms with van der Waals surface area (Å²) in [6, 6.07) is 19.0. The molecule has 19 heavy (non-hydrogen) atoms. The molecule has 0 aromatic heterocycles. The van der Waals surface area contributed by atoms with Crippen molar-refractivity contribution < 1.29 is 0 Å². The summed E-state index contributed by atoms with van der Waals surface area (Å²) in [5.74, 6) is 0. The molecule has 1 fully saturated rings. The summed E-state index contributed by atoms with van der Waals surface area (Å²) in [6.45, 7) is 0. The zero-order chi connectivity index (χ0) is 13.3. The van der Waals surface area contributed by atoms with Crippen molar-refractivity contribution in [2.24, 2.45) is 0 Å². The van der Waals surface area contributed by atoms with Crippen LogP contribution in [0, 0.1) is 0 Å². The number of benzene rings is 2. The highest BCUT2D eigenvalue weighted by Crippen LogP contribution is 2.54. The summed E-state index contributed by atoms with van der Waals surface area (Å²) in [5.41, 5.74) is 3.08. The lowest BCUT2D eigenvalue weighted by molar-refractivity contribution is 0.647. The second-order valence-electron chi connectivity index (χ2n) is 5.32. The second-order valence-corrected chi connectivity index (χ2v) is 6.87. The van der Waals surface area contributed by atoms with Crippen LogP contribution in [0.3, 0.4) is 0 Å². The van der Waals surface area contributed by atoms with Crippen molar-refractivity contribution in [3.05, 3.63) is 70.7 Å². The highest BCUT2D eigenvalue weighted by molar-refractivity contribution is 9.09. The van der Waals surface area contributed by atoms with Crippen LogP contribution < -0.4 is 0 Å². The topological polar surface area (TPSA) is 0 Å². The summed E-state index contributed by atoms with van der Waals surface area (Å²) < 4.78 is 0. The van der Waals surface area contributed by atoms with E-state index in [-0.39, 0.29) is 0 Å². The van der Waals surface area contributed by atoms with Gasteiger partial charge in [-0.1, -0.05) is 70.0 Å². The van der Waals surface area contributed by atoms with Gasteiger partial charge in [-0.15, -0.1) is 0 Å². The molecule has 0 amide bonds. The van der Waals surface area contributed by atoms with Crippen molar-refractivity contribution in [3.63, 3.8) is 0 Å². The molecule has 2 aromatic rings. The molecule has 98 valence electrons. The highest BCUT2D eigenvalue weighted by Gasteiger charge is 2.49. The largest absolute Gasteiger partial charge is 0.0877 e. The summed E-state index contributed by atoms with van der Waals surface area (Å²) >= 11 is 9.98. The molecule has 0 bridgehead atoms. The van der Waals surface area contributed by atoms with E-state index in [0.717, 1.165) is 11.4 Å². The lowest BCUT2D eigenvalue weighted by Gasteiger charge is -2.22. The average Bonchev–Trinajstić information content (AvgIpc) is 3.21. The summed E-state index contributed by atoms with van der Waals surface area (Å²) in [6.07, 6.45) is 3.57. The predicted octanol–water partition coefficient (Wildman–Crippen LogP) is 5.38. The summed E-state index contributed by atoms with van der Waals surface area (Å²) in [4.78, 5) is 0.473. The predicted molar refractivity (Wildman–Crippen MR) is 85.2 cm³/mol. The van der Waals surface area contributed by atoms with Crippen LogP contribution in [0.4, 0.5) is 0 Å². The van der Waals surface area contributed by atoms with Crippen LogP contribution in [-0.4, -0.2) is 4.83 Å². The van der Waals surface area contributed by atoms with Crippen molar-refractivity contribution in [2.75, 3.05) is 0 Å². The maximum absolute atomic E-state index is 6.06. The maximum Gasteiger partial charge on any atom is 0.0408 e. The van der Waals surface area contributed by atoms with Gasteiger partial charge in [0.2, 0.25) is 0 Å². The fourth-order valence-electron chi connectivity index (χ4n) is 2.75. The zero-order valence-electron chi connectivity index (χ0n) is 10.7. The molecule has 1 atom stereocenters. The van der Waals surface area contributed by atoms with Crippen LogP contribution in [0.2, 0.25) is 5.02 Å². The molecule has 3 rings (SSSR count). The van der Waals surface area contributed by atoms with Gasteiger partial charge in [-0.25, -0.2) is 0 Å². The molecule has 0 nitrogen and oxygen atoms in total. The first-order chi connectivity index (χ1) is 9.21. The van der Waals surface area contributed by atoms with Gasteiger partial charge in [-0.3, -0.25) is 0 Å². The van der Waals surface area contributed by atoms with Gasteiger partial charge >= 0.3 is 0 Å². The fraction of sp³-hybridized carbons (Fsp3) is 0.294. The van der Waals surface area contributed by atoms with Crippen LogP contribution in [0.5, 0.6) is 0 Å². The van der Waals surface area contributed by atoms with Crippen molar-refractivity contribution in [1.82, 2.24) is 0 Å². The van der Waals surface area contributed by atoms with Crippen LogP contribution >= 0.6 is 27.5 Å². The third-order valence-corrected chi connectivity index (χ3v) is 5.48. The van der Waals surface area contributed by atoms with Gasteiger partial charge in [0.25, 0.3) is 0 Å². The van der Waals surface area contributed by atoms with Crippen LogP contribution in [-0.2, 0) is 11.8 Å². The Balaban J connectivity index is 1.79. The highest BCUT2D eigenvalue weighted by atomic mass is 79.9. The Hall–Kier alpha value is -0.790. The summed E-state index contributed by atoms with van der Waals surface area (Å²) in [5, 5.41) is 0.821. The van der Waals surface area contributed by atoms with E-state index in [4.69, 9.17) is 11.6 Å². The molecular formula is C17H16BrCl. The standard InChI is InChI=1S/C17H16BrCl/c18-16(12-13-5-4-8-15(19)11-13)17(9-10-17)14-6-2-1-3-7-14/h1-8,11,16H,9-10,12H2. The third-order valence-electron chi connectivity index (χ3n) is 4.04. The van der Waals surface area contributed by atoms with Crippen molar-refractivity contribution in [3.8, 4) is 0 Å². The Labute approximate surface area is 127 Å². The van der Waals surface area contributed by atoms with Crippen LogP contribution in [0.1, 0.15) is 24.0 Å². The maximum atomic E-state index is 6.06. The molecule has 0 heterocycles. The van der Waals surface area contributed by atoms with E-state index < -0.39 is 0 Å². The second kappa shape index (κ2) is 5.30. The first kappa shape index (κ1) is 13.2. The van der Waals surface area contributed by atoms with Gasteiger partial charge in [0, 0.05) is 15.3 Å². The molecule has 2 aromatic carbocycles. The molecule has 1 aliphatic carbocycles. The number of alkyl halides is 1. The van der Waals surface area contributed by atoms with Crippen LogP contribution in [0.25, 0.3) is 0 Å². The molecule has 0 aliphatic heterocycles. The molecule has 0 N–H and O–H groups in total. The zero-order valence-corrected chi connectivity index (χ0v) is 13.0. The monoisotopic (exact) mass is 334 g/mol. The number of halogens is 2. The van der Waals surface area contributed by atoms with E-state index in [1.54, 1.807) is 0 Å². The molecule has 1 unspecified atom stereocenters. The summed E-state index contributed by atoms with van der Waals surface area (Å²) in [7, 11) is 0. The van der Waals surface area contributed by atoms with Gasteiger partial charge < -0.3 is 0 Å². The molecular weight excluding hydrogens is 320 g/mol. The number of hydrogen-bond donors (Lipinski definition) is 0. The minimum Gasteiger partial charge on any atom is -0.0877 e. The minimum atomic E-state index is 0.323. The van der Waals surface area contributed by atoms with E-state index in [2.05, 4.69) is 58.4 Å². The normalized spacial score (nSPS) is 18.0. The lowest BCUT2D eigenvalue weighted by Crippen LogP contribution is -2.22. The van der Waals surface area contributed by atoms with E-state index >= 15 is 0 Å². The van der Waals surface area contributed by atoms with Gasteiger partial charge in [-0.2, -0.15) is 0 Å². The third kappa shape index (κ3) is 2.73. The Morgan fingerprint density at radius 1 is 1.05 bits per heavy atom. The van der Waals surface area contributed by atoms with E-state index in [9.17, 15) is 0 Å².